The molecule has 1 aliphatic heterocycles. The van der Waals surface area contributed by atoms with Crippen molar-refractivity contribution in [2.45, 2.75) is 44.8 Å². The quantitative estimate of drug-likeness (QED) is 0.753. The molecule has 0 amide bonds. The fourth-order valence-corrected chi connectivity index (χ4v) is 3.29. The standard InChI is InChI=1S/C12H21NO3/c1-2-10(12(15)16)13-6-8-4-3-5-9(7-13)11(8)14/h8-11,14H,2-7H2,1H3,(H,15,16)/t8-,9+,10-,11?/m0/s1. The third-order valence-electron chi connectivity index (χ3n) is 4.17. The molecule has 4 heteroatoms. The number of hydrogen-bond donors (Lipinski definition) is 2. The zero-order chi connectivity index (χ0) is 11.7. The summed E-state index contributed by atoms with van der Waals surface area (Å²) < 4.78 is 0. The van der Waals surface area contributed by atoms with Crippen molar-refractivity contribution in [2.24, 2.45) is 11.8 Å². The van der Waals surface area contributed by atoms with Gasteiger partial charge in [-0.2, -0.15) is 0 Å². The van der Waals surface area contributed by atoms with E-state index in [1.807, 2.05) is 6.92 Å². The molecule has 0 aromatic rings. The highest BCUT2D eigenvalue weighted by Gasteiger charge is 2.41. The van der Waals surface area contributed by atoms with Gasteiger partial charge in [-0.3, -0.25) is 9.69 Å². The van der Waals surface area contributed by atoms with Gasteiger partial charge in [-0.25, -0.2) is 0 Å². The van der Waals surface area contributed by atoms with Crippen LogP contribution in [0.15, 0.2) is 0 Å². The third kappa shape index (κ3) is 2.09. The second-order valence-corrected chi connectivity index (χ2v) is 5.16. The van der Waals surface area contributed by atoms with Crippen LogP contribution in [-0.2, 0) is 4.79 Å². The molecular weight excluding hydrogens is 206 g/mol. The van der Waals surface area contributed by atoms with E-state index in [1.54, 1.807) is 0 Å². The van der Waals surface area contributed by atoms with Crippen LogP contribution in [0.2, 0.25) is 0 Å². The van der Waals surface area contributed by atoms with E-state index in [-0.39, 0.29) is 12.1 Å². The summed E-state index contributed by atoms with van der Waals surface area (Å²) >= 11 is 0. The summed E-state index contributed by atoms with van der Waals surface area (Å²) in [6.45, 7) is 3.42. The van der Waals surface area contributed by atoms with E-state index in [4.69, 9.17) is 5.11 Å². The van der Waals surface area contributed by atoms with Gasteiger partial charge < -0.3 is 10.2 Å². The summed E-state index contributed by atoms with van der Waals surface area (Å²) in [4.78, 5) is 13.2. The number of carboxylic acid groups (broad SMARTS) is 1. The Hall–Kier alpha value is -0.610. The molecule has 2 fully saturated rings. The second kappa shape index (κ2) is 4.72. The molecule has 1 unspecified atom stereocenters. The first-order valence-electron chi connectivity index (χ1n) is 6.28. The molecule has 2 N–H and O–H groups in total. The highest BCUT2D eigenvalue weighted by molar-refractivity contribution is 5.73. The van der Waals surface area contributed by atoms with Crippen molar-refractivity contribution in [1.29, 1.82) is 0 Å². The first kappa shape index (κ1) is 11.9. The predicted molar refractivity (Wildman–Crippen MR) is 60.1 cm³/mol. The molecule has 1 saturated heterocycles. The first-order valence-corrected chi connectivity index (χ1v) is 6.28. The summed E-state index contributed by atoms with van der Waals surface area (Å²) in [7, 11) is 0. The number of rotatable bonds is 3. The van der Waals surface area contributed by atoms with Gasteiger partial charge in [0, 0.05) is 13.1 Å². The third-order valence-corrected chi connectivity index (χ3v) is 4.17. The average molecular weight is 227 g/mol. The molecule has 2 rings (SSSR count). The lowest BCUT2D eigenvalue weighted by Crippen LogP contribution is -2.56. The molecule has 4 atom stereocenters. The normalized spacial score (nSPS) is 37.0. The average Bonchev–Trinajstić information content (AvgIpc) is 2.19. The van der Waals surface area contributed by atoms with Crippen LogP contribution in [0, 0.1) is 11.8 Å². The number of nitrogens with zero attached hydrogens (tertiary/aromatic N) is 1. The Bertz CT molecular complexity index is 255. The van der Waals surface area contributed by atoms with Crippen LogP contribution in [0.5, 0.6) is 0 Å². The van der Waals surface area contributed by atoms with Gasteiger partial charge in [-0.15, -0.1) is 0 Å². The summed E-state index contributed by atoms with van der Waals surface area (Å²) in [5.74, 6) is -0.140. The van der Waals surface area contributed by atoms with Crippen molar-refractivity contribution in [2.75, 3.05) is 13.1 Å². The van der Waals surface area contributed by atoms with E-state index in [0.29, 0.717) is 18.3 Å². The molecule has 2 aliphatic rings. The number of carbonyl (C=O) groups is 1. The maximum atomic E-state index is 11.1. The van der Waals surface area contributed by atoms with Gasteiger partial charge in [0.15, 0.2) is 0 Å². The topological polar surface area (TPSA) is 60.8 Å². The number of carboxylic acids is 1. The molecule has 0 aromatic heterocycles. The predicted octanol–water partition coefficient (Wildman–Crippen LogP) is 0.942. The highest BCUT2D eigenvalue weighted by atomic mass is 16.4. The van der Waals surface area contributed by atoms with Gasteiger partial charge in [0.25, 0.3) is 0 Å². The SMILES string of the molecule is CC[C@@H](C(=O)O)N1C[C@H]2CCC[C@@H](C1)C2O. The molecule has 0 aromatic carbocycles. The van der Waals surface area contributed by atoms with Gasteiger partial charge >= 0.3 is 5.97 Å². The highest BCUT2D eigenvalue weighted by Crippen LogP contribution is 2.35. The number of aliphatic carboxylic acids is 1. The van der Waals surface area contributed by atoms with E-state index < -0.39 is 5.97 Å². The van der Waals surface area contributed by atoms with Crippen LogP contribution in [-0.4, -0.2) is 46.3 Å². The smallest absolute Gasteiger partial charge is 0.320 e. The zero-order valence-corrected chi connectivity index (χ0v) is 9.80. The van der Waals surface area contributed by atoms with Crippen LogP contribution in [0.1, 0.15) is 32.6 Å². The molecule has 1 heterocycles. The number of aliphatic hydroxyl groups is 1. The monoisotopic (exact) mass is 227 g/mol. The molecule has 4 nitrogen and oxygen atoms in total. The Labute approximate surface area is 96.3 Å². The van der Waals surface area contributed by atoms with Crippen LogP contribution < -0.4 is 0 Å². The summed E-state index contributed by atoms with van der Waals surface area (Å²) in [5.41, 5.74) is 0. The zero-order valence-electron chi connectivity index (χ0n) is 9.80. The van der Waals surface area contributed by atoms with Crippen molar-refractivity contribution in [3.05, 3.63) is 0 Å². The van der Waals surface area contributed by atoms with Crippen LogP contribution in [0.3, 0.4) is 0 Å². The van der Waals surface area contributed by atoms with Crippen LogP contribution in [0.25, 0.3) is 0 Å². The molecule has 2 bridgehead atoms. The minimum absolute atomic E-state index is 0.198. The van der Waals surface area contributed by atoms with Gasteiger partial charge in [0.1, 0.15) is 6.04 Å². The van der Waals surface area contributed by atoms with Crippen molar-refractivity contribution in [3.8, 4) is 0 Å². The number of fused-ring (bicyclic) bond motifs is 2. The lowest BCUT2D eigenvalue weighted by atomic mass is 9.75. The summed E-state index contributed by atoms with van der Waals surface area (Å²) in [6.07, 6.45) is 3.72. The fraction of sp³-hybridized carbons (Fsp3) is 0.917. The lowest BCUT2D eigenvalue weighted by Gasteiger charge is -2.46. The summed E-state index contributed by atoms with van der Waals surface area (Å²) in [6, 6.07) is -0.365. The maximum absolute atomic E-state index is 11.1. The maximum Gasteiger partial charge on any atom is 0.320 e. The minimum Gasteiger partial charge on any atom is -0.480 e. The summed E-state index contributed by atoms with van der Waals surface area (Å²) in [5, 5.41) is 19.2. The molecular formula is C12H21NO3. The van der Waals surface area contributed by atoms with Gasteiger partial charge in [-0.1, -0.05) is 13.3 Å². The van der Waals surface area contributed by atoms with E-state index >= 15 is 0 Å². The van der Waals surface area contributed by atoms with E-state index in [1.165, 1.54) is 6.42 Å². The minimum atomic E-state index is -0.725. The molecule has 1 aliphatic carbocycles. The molecule has 1 saturated carbocycles. The Morgan fingerprint density at radius 3 is 2.38 bits per heavy atom. The van der Waals surface area contributed by atoms with Gasteiger partial charge in [0.2, 0.25) is 0 Å². The number of hydrogen-bond acceptors (Lipinski definition) is 3. The van der Waals surface area contributed by atoms with Crippen LogP contribution >= 0.6 is 0 Å². The van der Waals surface area contributed by atoms with Crippen LogP contribution in [0.4, 0.5) is 0 Å². The second-order valence-electron chi connectivity index (χ2n) is 5.16. The molecule has 0 radical (unpaired) electrons. The van der Waals surface area contributed by atoms with Gasteiger partial charge in [0.05, 0.1) is 6.10 Å². The Kier molecular flexibility index (Phi) is 3.50. The van der Waals surface area contributed by atoms with E-state index in [2.05, 4.69) is 4.90 Å². The Balaban J connectivity index is 2.06. The number of piperidine rings is 1. The molecule has 92 valence electrons. The lowest BCUT2D eigenvalue weighted by molar-refractivity contribution is -0.147. The Morgan fingerprint density at radius 1 is 1.38 bits per heavy atom. The van der Waals surface area contributed by atoms with Crippen molar-refractivity contribution >= 4 is 5.97 Å². The molecule has 0 spiro atoms. The Morgan fingerprint density at radius 2 is 1.94 bits per heavy atom. The number of likely N-dealkylation sites (tertiary alicyclic amines) is 1. The van der Waals surface area contributed by atoms with Crippen molar-refractivity contribution in [1.82, 2.24) is 4.90 Å². The first-order chi connectivity index (χ1) is 7.63. The van der Waals surface area contributed by atoms with E-state index in [9.17, 15) is 9.90 Å². The van der Waals surface area contributed by atoms with Crippen molar-refractivity contribution in [3.63, 3.8) is 0 Å². The number of aliphatic hydroxyl groups excluding tert-OH is 1. The van der Waals surface area contributed by atoms with Gasteiger partial charge in [-0.05, 0) is 31.1 Å². The van der Waals surface area contributed by atoms with Crippen molar-refractivity contribution < 1.29 is 15.0 Å². The fourth-order valence-electron chi connectivity index (χ4n) is 3.29. The largest absolute Gasteiger partial charge is 0.480 e. The van der Waals surface area contributed by atoms with E-state index in [0.717, 1.165) is 25.9 Å². The molecule has 16 heavy (non-hydrogen) atoms.